The molecule has 0 aliphatic heterocycles. The van der Waals surface area contributed by atoms with Gasteiger partial charge in [-0.05, 0) is 42.4 Å². The minimum absolute atomic E-state index is 0.109. The van der Waals surface area contributed by atoms with Crippen molar-refractivity contribution in [2.45, 2.75) is 124 Å². The Morgan fingerprint density at radius 2 is 1.23 bits per heavy atom. The van der Waals surface area contributed by atoms with Gasteiger partial charge in [-0.15, -0.1) is 0 Å². The molecule has 0 atom stereocenters. The van der Waals surface area contributed by atoms with Crippen molar-refractivity contribution < 1.29 is 14.6 Å². The number of hydrogen-bond donors (Lipinski definition) is 1. The lowest BCUT2D eigenvalue weighted by molar-refractivity contribution is -0.143. The Morgan fingerprint density at radius 3 is 1.70 bits per heavy atom. The van der Waals surface area contributed by atoms with Gasteiger partial charge in [0.15, 0.2) is 0 Å². The quantitative estimate of drug-likeness (QED) is 0.196. The minimum atomic E-state index is -0.109. The second-order valence-electron chi connectivity index (χ2n) is 8.58. The fraction of sp³-hybridized carbons (Fsp3) is 0.741. The lowest BCUT2D eigenvalue weighted by atomic mass is 9.98. The molecular weight excluding hydrogens is 372 g/mol. The standard InChI is InChI=1S/C27H46O3/c1-4-7-8-9-10-11-12-13-14-15-16-17-20-30-26(28)19-18-23-21-24(5-2)27(29)25(6-3)22-23/h21-22,29H,4-20H2,1-3H3. The van der Waals surface area contributed by atoms with Gasteiger partial charge >= 0.3 is 5.97 Å². The molecule has 3 nitrogen and oxygen atoms in total. The lowest BCUT2D eigenvalue weighted by Crippen LogP contribution is -2.07. The molecule has 0 saturated carbocycles. The molecule has 0 amide bonds. The van der Waals surface area contributed by atoms with E-state index < -0.39 is 0 Å². The van der Waals surface area contributed by atoms with E-state index in [1.54, 1.807) is 0 Å². The molecule has 0 aliphatic rings. The predicted octanol–water partition coefficient (Wildman–Crippen LogP) is 7.69. The molecule has 0 aromatic heterocycles. The first-order valence-electron chi connectivity index (χ1n) is 12.6. The van der Waals surface area contributed by atoms with E-state index in [9.17, 15) is 9.90 Å². The highest BCUT2D eigenvalue weighted by molar-refractivity contribution is 5.69. The number of phenols is 1. The van der Waals surface area contributed by atoms with E-state index in [2.05, 4.69) is 6.92 Å². The van der Waals surface area contributed by atoms with Crippen LogP contribution in [0.5, 0.6) is 5.75 Å². The second kappa shape index (κ2) is 17.2. The molecule has 0 heterocycles. The summed E-state index contributed by atoms with van der Waals surface area (Å²) in [6.07, 6.45) is 18.4. The molecule has 0 unspecified atom stereocenters. The third-order valence-corrected chi connectivity index (χ3v) is 5.97. The van der Waals surface area contributed by atoms with Crippen LogP contribution in [0.25, 0.3) is 0 Å². The van der Waals surface area contributed by atoms with Crippen molar-refractivity contribution in [3.8, 4) is 5.75 Å². The van der Waals surface area contributed by atoms with Gasteiger partial charge in [-0.2, -0.15) is 0 Å². The maximum atomic E-state index is 12.0. The summed E-state index contributed by atoms with van der Waals surface area (Å²) in [6.45, 7) is 6.90. The molecule has 3 heteroatoms. The van der Waals surface area contributed by atoms with Crippen LogP contribution in [0.1, 0.15) is 121 Å². The minimum Gasteiger partial charge on any atom is -0.507 e. The third-order valence-electron chi connectivity index (χ3n) is 5.97. The molecule has 0 aliphatic carbocycles. The van der Waals surface area contributed by atoms with Crippen LogP contribution in [0, 0.1) is 0 Å². The zero-order valence-electron chi connectivity index (χ0n) is 19.9. The van der Waals surface area contributed by atoms with Crippen LogP contribution >= 0.6 is 0 Å². The average Bonchev–Trinajstić information content (AvgIpc) is 2.76. The van der Waals surface area contributed by atoms with Gasteiger partial charge in [0.2, 0.25) is 0 Å². The van der Waals surface area contributed by atoms with Gasteiger partial charge in [0.1, 0.15) is 5.75 Å². The fourth-order valence-corrected chi connectivity index (χ4v) is 3.96. The van der Waals surface area contributed by atoms with Crippen LogP contribution in [0.3, 0.4) is 0 Å². The Kier molecular flexibility index (Phi) is 15.2. The number of rotatable bonds is 18. The largest absolute Gasteiger partial charge is 0.507 e. The van der Waals surface area contributed by atoms with E-state index >= 15 is 0 Å². The molecule has 0 bridgehead atoms. The fourth-order valence-electron chi connectivity index (χ4n) is 3.96. The van der Waals surface area contributed by atoms with Gasteiger partial charge in [-0.3, -0.25) is 4.79 Å². The number of esters is 1. The molecule has 1 N–H and O–H groups in total. The number of carbonyl (C=O) groups excluding carboxylic acids is 1. The first kappa shape index (κ1) is 26.5. The lowest BCUT2D eigenvalue weighted by Gasteiger charge is -2.11. The van der Waals surface area contributed by atoms with Gasteiger partial charge in [-0.25, -0.2) is 0 Å². The van der Waals surface area contributed by atoms with Crippen LogP contribution in [-0.2, 0) is 28.8 Å². The maximum Gasteiger partial charge on any atom is 0.306 e. The topological polar surface area (TPSA) is 46.5 Å². The van der Waals surface area contributed by atoms with Crippen LogP contribution in [-0.4, -0.2) is 17.7 Å². The molecule has 0 spiro atoms. The number of carbonyl (C=O) groups is 1. The van der Waals surface area contributed by atoms with E-state index in [0.29, 0.717) is 25.2 Å². The zero-order chi connectivity index (χ0) is 22.0. The molecule has 1 aromatic carbocycles. The Hall–Kier alpha value is -1.51. The van der Waals surface area contributed by atoms with Gasteiger partial charge in [0.05, 0.1) is 6.61 Å². The average molecular weight is 419 g/mol. The molecule has 1 aromatic rings. The molecule has 0 radical (unpaired) electrons. The summed E-state index contributed by atoms with van der Waals surface area (Å²) in [5, 5.41) is 10.2. The number of aryl methyl sites for hydroxylation is 3. The predicted molar refractivity (Wildman–Crippen MR) is 127 cm³/mol. The monoisotopic (exact) mass is 418 g/mol. The first-order valence-corrected chi connectivity index (χ1v) is 12.6. The van der Waals surface area contributed by atoms with Gasteiger partial charge < -0.3 is 9.84 Å². The summed E-state index contributed by atoms with van der Waals surface area (Å²) < 4.78 is 5.40. The summed E-state index contributed by atoms with van der Waals surface area (Å²) in [7, 11) is 0. The Morgan fingerprint density at radius 1 is 0.767 bits per heavy atom. The first-order chi connectivity index (χ1) is 14.6. The van der Waals surface area contributed by atoms with Crippen LogP contribution < -0.4 is 0 Å². The van der Waals surface area contributed by atoms with Crippen molar-refractivity contribution in [3.05, 3.63) is 28.8 Å². The van der Waals surface area contributed by atoms with Crippen LogP contribution in [0.4, 0.5) is 0 Å². The highest BCUT2D eigenvalue weighted by atomic mass is 16.5. The van der Waals surface area contributed by atoms with Crippen molar-refractivity contribution in [2.24, 2.45) is 0 Å². The second-order valence-corrected chi connectivity index (χ2v) is 8.58. The smallest absolute Gasteiger partial charge is 0.306 e. The van der Waals surface area contributed by atoms with Crippen LogP contribution in [0.15, 0.2) is 12.1 Å². The number of aromatic hydroxyl groups is 1. The number of hydrogen-bond acceptors (Lipinski definition) is 3. The summed E-state index contributed by atoms with van der Waals surface area (Å²) in [5.74, 6) is 0.306. The zero-order valence-corrected chi connectivity index (χ0v) is 19.9. The summed E-state index contributed by atoms with van der Waals surface area (Å²) in [5.41, 5.74) is 3.05. The third kappa shape index (κ3) is 11.6. The normalized spacial score (nSPS) is 11.0. The molecule has 1 rings (SSSR count). The number of phenolic OH excluding ortho intramolecular Hbond substituents is 1. The van der Waals surface area contributed by atoms with Crippen molar-refractivity contribution in [1.82, 2.24) is 0 Å². The molecular formula is C27H46O3. The van der Waals surface area contributed by atoms with Gasteiger partial charge in [-0.1, -0.05) is 104 Å². The van der Waals surface area contributed by atoms with Crippen molar-refractivity contribution in [1.29, 1.82) is 0 Å². The SMILES string of the molecule is CCCCCCCCCCCCCCOC(=O)CCc1cc(CC)c(O)c(CC)c1. The molecule has 172 valence electrons. The number of benzene rings is 1. The maximum absolute atomic E-state index is 12.0. The Balaban J connectivity index is 2.04. The van der Waals surface area contributed by atoms with E-state index in [0.717, 1.165) is 42.4 Å². The number of unbranched alkanes of at least 4 members (excludes halogenated alkanes) is 11. The summed E-state index contributed by atoms with van der Waals surface area (Å²) in [6, 6.07) is 4.04. The van der Waals surface area contributed by atoms with E-state index in [4.69, 9.17) is 4.74 Å². The molecule has 30 heavy (non-hydrogen) atoms. The summed E-state index contributed by atoms with van der Waals surface area (Å²) in [4.78, 5) is 12.0. The van der Waals surface area contributed by atoms with Crippen LogP contribution in [0.2, 0.25) is 0 Å². The van der Waals surface area contributed by atoms with Crippen molar-refractivity contribution in [2.75, 3.05) is 6.61 Å². The Bertz CT molecular complexity index is 554. The highest BCUT2D eigenvalue weighted by Crippen LogP contribution is 2.26. The van der Waals surface area contributed by atoms with E-state index in [1.807, 2.05) is 26.0 Å². The van der Waals surface area contributed by atoms with E-state index in [1.165, 1.54) is 64.2 Å². The Labute approximate surface area is 185 Å². The molecule has 0 fully saturated rings. The van der Waals surface area contributed by atoms with Crippen molar-refractivity contribution in [3.63, 3.8) is 0 Å². The van der Waals surface area contributed by atoms with Gasteiger partial charge in [0, 0.05) is 6.42 Å². The van der Waals surface area contributed by atoms with Gasteiger partial charge in [0.25, 0.3) is 0 Å². The molecule has 0 saturated heterocycles. The highest BCUT2D eigenvalue weighted by Gasteiger charge is 2.10. The van der Waals surface area contributed by atoms with Crippen molar-refractivity contribution >= 4 is 5.97 Å². The summed E-state index contributed by atoms with van der Waals surface area (Å²) >= 11 is 0. The van der Waals surface area contributed by atoms with E-state index in [-0.39, 0.29) is 5.97 Å². The number of ether oxygens (including phenoxy) is 1.